The molecule has 0 aromatic heterocycles. The van der Waals surface area contributed by atoms with E-state index in [0.717, 1.165) is 25.9 Å². The third-order valence-electron chi connectivity index (χ3n) is 3.98. The normalized spacial score (nSPS) is 14.9. The maximum absolute atomic E-state index is 11.8. The molecular formula is C15H32N2O. The molecule has 2 atom stereocenters. The van der Waals surface area contributed by atoms with Crippen molar-refractivity contribution in [1.82, 2.24) is 5.32 Å². The molecule has 0 aromatic rings. The molecule has 3 heteroatoms. The molecule has 1 amide bonds. The van der Waals surface area contributed by atoms with Gasteiger partial charge in [0.25, 0.3) is 0 Å². The molecule has 2 unspecified atom stereocenters. The van der Waals surface area contributed by atoms with Gasteiger partial charge in [-0.3, -0.25) is 4.79 Å². The molecular weight excluding hydrogens is 224 g/mol. The van der Waals surface area contributed by atoms with Crippen LogP contribution in [-0.2, 0) is 4.79 Å². The van der Waals surface area contributed by atoms with Gasteiger partial charge in [0, 0.05) is 13.0 Å². The summed E-state index contributed by atoms with van der Waals surface area (Å²) in [5.41, 5.74) is 5.60. The second kappa shape index (κ2) is 9.37. The van der Waals surface area contributed by atoms with Crippen molar-refractivity contribution in [3.05, 3.63) is 0 Å². The van der Waals surface area contributed by atoms with Crippen LogP contribution in [0.1, 0.15) is 53.9 Å². The first-order valence-electron chi connectivity index (χ1n) is 7.35. The third kappa shape index (κ3) is 7.70. The van der Waals surface area contributed by atoms with Crippen LogP contribution in [0.25, 0.3) is 0 Å². The Bertz CT molecular complexity index is 227. The Hall–Kier alpha value is -0.570. The first-order chi connectivity index (χ1) is 8.38. The molecule has 3 nitrogen and oxygen atoms in total. The summed E-state index contributed by atoms with van der Waals surface area (Å²) in [6.45, 7) is 12.5. The number of nitrogens with one attached hydrogen (secondary N) is 1. The Morgan fingerprint density at radius 1 is 1.06 bits per heavy atom. The van der Waals surface area contributed by atoms with E-state index in [1.54, 1.807) is 0 Å². The van der Waals surface area contributed by atoms with Gasteiger partial charge in [-0.25, -0.2) is 0 Å². The molecule has 0 bridgehead atoms. The number of amides is 1. The lowest BCUT2D eigenvalue weighted by Gasteiger charge is -2.20. The molecule has 3 N–H and O–H groups in total. The van der Waals surface area contributed by atoms with Gasteiger partial charge in [0.15, 0.2) is 0 Å². The number of nitrogens with two attached hydrogens (primary N) is 1. The minimum atomic E-state index is 0.185. The second-order valence-electron chi connectivity index (χ2n) is 6.15. The first-order valence-corrected chi connectivity index (χ1v) is 7.35. The standard InChI is InChI=1S/C15H32N2O/c1-11(2)13(5)10-17-15(18)7-6-14(8-9-16)12(3)4/h11-14H,6-10,16H2,1-5H3,(H,17,18). The van der Waals surface area contributed by atoms with Crippen molar-refractivity contribution in [2.75, 3.05) is 13.1 Å². The lowest BCUT2D eigenvalue weighted by molar-refractivity contribution is -0.121. The second-order valence-corrected chi connectivity index (χ2v) is 6.15. The zero-order valence-corrected chi connectivity index (χ0v) is 12.8. The number of rotatable bonds is 9. The van der Waals surface area contributed by atoms with E-state index in [4.69, 9.17) is 5.73 Å². The summed E-state index contributed by atoms with van der Waals surface area (Å²) in [6, 6.07) is 0. The van der Waals surface area contributed by atoms with Crippen LogP contribution in [0.3, 0.4) is 0 Å². The average molecular weight is 256 g/mol. The van der Waals surface area contributed by atoms with Crippen LogP contribution in [0, 0.1) is 23.7 Å². The molecule has 0 fully saturated rings. The molecule has 0 aliphatic rings. The first kappa shape index (κ1) is 17.4. The summed E-state index contributed by atoms with van der Waals surface area (Å²) in [4.78, 5) is 11.8. The van der Waals surface area contributed by atoms with E-state index in [2.05, 4.69) is 39.9 Å². The monoisotopic (exact) mass is 256 g/mol. The van der Waals surface area contributed by atoms with E-state index in [0.29, 0.717) is 30.1 Å². The quantitative estimate of drug-likeness (QED) is 0.666. The predicted molar refractivity (Wildman–Crippen MR) is 78.2 cm³/mol. The SMILES string of the molecule is CC(C)C(C)CNC(=O)CCC(CCN)C(C)C. The van der Waals surface area contributed by atoms with Crippen LogP contribution in [0.4, 0.5) is 0 Å². The Balaban J connectivity index is 3.87. The maximum atomic E-state index is 11.8. The molecule has 0 radical (unpaired) electrons. The summed E-state index contributed by atoms with van der Waals surface area (Å²) in [7, 11) is 0. The van der Waals surface area contributed by atoms with E-state index in [-0.39, 0.29) is 5.91 Å². The van der Waals surface area contributed by atoms with Crippen LogP contribution in [0.5, 0.6) is 0 Å². The topological polar surface area (TPSA) is 55.1 Å². The molecule has 0 aliphatic carbocycles. The lowest BCUT2D eigenvalue weighted by Crippen LogP contribution is -2.30. The molecule has 0 saturated heterocycles. The molecule has 18 heavy (non-hydrogen) atoms. The molecule has 0 spiro atoms. The van der Waals surface area contributed by atoms with Crippen LogP contribution in [0.2, 0.25) is 0 Å². The van der Waals surface area contributed by atoms with E-state index < -0.39 is 0 Å². The van der Waals surface area contributed by atoms with Crippen LogP contribution >= 0.6 is 0 Å². The molecule has 0 aliphatic heterocycles. The fourth-order valence-corrected chi connectivity index (χ4v) is 1.94. The predicted octanol–water partition coefficient (Wildman–Crippen LogP) is 2.80. The fourth-order valence-electron chi connectivity index (χ4n) is 1.94. The van der Waals surface area contributed by atoms with E-state index in [1.807, 2.05) is 0 Å². The van der Waals surface area contributed by atoms with Crippen molar-refractivity contribution < 1.29 is 4.79 Å². The van der Waals surface area contributed by atoms with Crippen molar-refractivity contribution in [1.29, 1.82) is 0 Å². The van der Waals surface area contributed by atoms with Gasteiger partial charge >= 0.3 is 0 Å². The van der Waals surface area contributed by atoms with E-state index in [9.17, 15) is 4.79 Å². The van der Waals surface area contributed by atoms with Crippen molar-refractivity contribution in [3.8, 4) is 0 Å². The summed E-state index contributed by atoms with van der Waals surface area (Å²) in [5, 5.41) is 3.03. The third-order valence-corrected chi connectivity index (χ3v) is 3.98. The summed E-state index contributed by atoms with van der Waals surface area (Å²) in [5.74, 6) is 2.52. The Kier molecular flexibility index (Phi) is 9.08. The number of carbonyl (C=O) groups is 1. The van der Waals surface area contributed by atoms with Gasteiger partial charge < -0.3 is 11.1 Å². The van der Waals surface area contributed by atoms with E-state index >= 15 is 0 Å². The molecule has 0 aromatic carbocycles. The highest BCUT2D eigenvalue weighted by Crippen LogP contribution is 2.20. The smallest absolute Gasteiger partial charge is 0.220 e. The van der Waals surface area contributed by atoms with Crippen LogP contribution in [-0.4, -0.2) is 19.0 Å². The summed E-state index contributed by atoms with van der Waals surface area (Å²) in [6.07, 6.45) is 2.61. The Morgan fingerprint density at radius 2 is 1.67 bits per heavy atom. The average Bonchev–Trinajstić information content (AvgIpc) is 2.30. The minimum absolute atomic E-state index is 0.185. The number of hydrogen-bond donors (Lipinski definition) is 2. The van der Waals surface area contributed by atoms with Crippen molar-refractivity contribution in [2.24, 2.45) is 29.4 Å². The van der Waals surface area contributed by atoms with Gasteiger partial charge in [-0.2, -0.15) is 0 Å². The van der Waals surface area contributed by atoms with Gasteiger partial charge in [-0.1, -0.05) is 34.6 Å². The molecule has 108 valence electrons. The summed E-state index contributed by atoms with van der Waals surface area (Å²) < 4.78 is 0. The maximum Gasteiger partial charge on any atom is 0.220 e. The zero-order chi connectivity index (χ0) is 14.1. The van der Waals surface area contributed by atoms with Crippen molar-refractivity contribution in [3.63, 3.8) is 0 Å². The Labute approximate surface area is 113 Å². The van der Waals surface area contributed by atoms with Gasteiger partial charge in [0.2, 0.25) is 5.91 Å². The Morgan fingerprint density at radius 3 is 2.11 bits per heavy atom. The molecule has 0 heterocycles. The number of hydrogen-bond acceptors (Lipinski definition) is 2. The van der Waals surface area contributed by atoms with Crippen LogP contribution < -0.4 is 11.1 Å². The van der Waals surface area contributed by atoms with Gasteiger partial charge in [-0.05, 0) is 43.1 Å². The highest BCUT2D eigenvalue weighted by molar-refractivity contribution is 5.75. The lowest BCUT2D eigenvalue weighted by atomic mass is 9.88. The van der Waals surface area contributed by atoms with Crippen LogP contribution in [0.15, 0.2) is 0 Å². The molecule has 0 rings (SSSR count). The summed E-state index contributed by atoms with van der Waals surface area (Å²) >= 11 is 0. The van der Waals surface area contributed by atoms with E-state index in [1.165, 1.54) is 0 Å². The van der Waals surface area contributed by atoms with Crippen molar-refractivity contribution >= 4 is 5.91 Å². The largest absolute Gasteiger partial charge is 0.356 e. The van der Waals surface area contributed by atoms with Crippen molar-refractivity contribution in [2.45, 2.75) is 53.9 Å². The fraction of sp³-hybridized carbons (Fsp3) is 0.933. The van der Waals surface area contributed by atoms with Gasteiger partial charge in [-0.15, -0.1) is 0 Å². The van der Waals surface area contributed by atoms with Gasteiger partial charge in [0.1, 0.15) is 0 Å². The highest BCUT2D eigenvalue weighted by Gasteiger charge is 2.15. The highest BCUT2D eigenvalue weighted by atomic mass is 16.1. The van der Waals surface area contributed by atoms with Gasteiger partial charge in [0.05, 0.1) is 0 Å². The molecule has 0 saturated carbocycles. The minimum Gasteiger partial charge on any atom is -0.356 e. The number of carbonyl (C=O) groups excluding carboxylic acids is 1. The zero-order valence-electron chi connectivity index (χ0n) is 12.8.